The van der Waals surface area contributed by atoms with Crippen LogP contribution in [0.4, 0.5) is 5.82 Å². The van der Waals surface area contributed by atoms with Crippen molar-refractivity contribution in [3.8, 4) is 5.75 Å². The molecule has 1 aliphatic rings. The van der Waals surface area contributed by atoms with Crippen molar-refractivity contribution in [2.45, 2.75) is 13.5 Å². The average Bonchev–Trinajstić information content (AvgIpc) is 2.74. The number of nitrogens with one attached hydrogen (secondary N) is 1. The van der Waals surface area contributed by atoms with Crippen molar-refractivity contribution < 1.29 is 9.47 Å². The first kappa shape index (κ1) is 20.9. The van der Waals surface area contributed by atoms with Crippen LogP contribution in [0.2, 0.25) is 0 Å². The molecule has 0 unspecified atom stereocenters. The average molecular weight is 395 g/mol. The summed E-state index contributed by atoms with van der Waals surface area (Å²) in [6, 6.07) is 10.1. The SMILES string of the molecule is C=C(N)c1ccc(CNc2ccc(OCCN3CCOCC3)cn2)cc1/C=C\C. The second kappa shape index (κ2) is 10.6. The van der Waals surface area contributed by atoms with Gasteiger partial charge in [0.1, 0.15) is 18.2 Å². The Morgan fingerprint density at radius 3 is 2.83 bits per heavy atom. The van der Waals surface area contributed by atoms with Crippen molar-refractivity contribution in [2.24, 2.45) is 5.73 Å². The number of rotatable bonds is 9. The van der Waals surface area contributed by atoms with Gasteiger partial charge in [-0.25, -0.2) is 4.98 Å². The van der Waals surface area contributed by atoms with Gasteiger partial charge in [0.15, 0.2) is 0 Å². The summed E-state index contributed by atoms with van der Waals surface area (Å²) in [6.45, 7) is 11.6. The highest BCUT2D eigenvalue weighted by Crippen LogP contribution is 2.19. The van der Waals surface area contributed by atoms with Crippen molar-refractivity contribution in [1.29, 1.82) is 0 Å². The van der Waals surface area contributed by atoms with E-state index in [1.165, 1.54) is 0 Å². The van der Waals surface area contributed by atoms with Gasteiger partial charge in [-0.15, -0.1) is 0 Å². The highest BCUT2D eigenvalue weighted by Gasteiger charge is 2.10. The van der Waals surface area contributed by atoms with Crippen molar-refractivity contribution >= 4 is 17.6 Å². The number of aromatic nitrogens is 1. The van der Waals surface area contributed by atoms with Gasteiger partial charge in [-0.3, -0.25) is 4.90 Å². The minimum absolute atomic E-state index is 0.573. The molecule has 1 fully saturated rings. The molecule has 1 aromatic heterocycles. The summed E-state index contributed by atoms with van der Waals surface area (Å²) in [4.78, 5) is 6.79. The largest absolute Gasteiger partial charge is 0.491 e. The van der Waals surface area contributed by atoms with Gasteiger partial charge >= 0.3 is 0 Å². The van der Waals surface area contributed by atoms with E-state index in [0.717, 1.165) is 61.1 Å². The lowest BCUT2D eigenvalue weighted by Crippen LogP contribution is -2.38. The van der Waals surface area contributed by atoms with Crippen LogP contribution in [-0.4, -0.2) is 49.3 Å². The highest BCUT2D eigenvalue weighted by molar-refractivity contribution is 5.71. The zero-order chi connectivity index (χ0) is 20.5. The molecule has 2 heterocycles. The second-order valence-electron chi connectivity index (χ2n) is 6.98. The van der Waals surface area contributed by atoms with Crippen molar-refractivity contribution in [3.63, 3.8) is 0 Å². The van der Waals surface area contributed by atoms with E-state index < -0.39 is 0 Å². The van der Waals surface area contributed by atoms with Crippen LogP contribution in [-0.2, 0) is 11.3 Å². The zero-order valence-electron chi connectivity index (χ0n) is 17.1. The molecule has 2 aromatic rings. The summed E-state index contributed by atoms with van der Waals surface area (Å²) in [7, 11) is 0. The molecule has 29 heavy (non-hydrogen) atoms. The van der Waals surface area contributed by atoms with Gasteiger partial charge in [-0.1, -0.05) is 30.9 Å². The minimum Gasteiger partial charge on any atom is -0.491 e. The molecule has 3 rings (SSSR count). The molecule has 0 atom stereocenters. The molecule has 1 aromatic carbocycles. The molecule has 154 valence electrons. The first-order chi connectivity index (χ1) is 14.2. The number of pyridine rings is 1. The third-order valence-corrected chi connectivity index (χ3v) is 4.80. The van der Waals surface area contributed by atoms with Gasteiger partial charge in [0.25, 0.3) is 0 Å². The number of hydrogen-bond acceptors (Lipinski definition) is 6. The van der Waals surface area contributed by atoms with E-state index in [2.05, 4.69) is 33.9 Å². The number of nitrogens with zero attached hydrogens (tertiary/aromatic N) is 2. The van der Waals surface area contributed by atoms with Gasteiger partial charge in [0.05, 0.1) is 19.4 Å². The van der Waals surface area contributed by atoms with Crippen LogP contribution in [0.3, 0.4) is 0 Å². The molecule has 0 saturated carbocycles. The fourth-order valence-corrected chi connectivity index (χ4v) is 3.21. The molecule has 1 saturated heterocycles. The van der Waals surface area contributed by atoms with E-state index in [1.807, 2.05) is 37.3 Å². The van der Waals surface area contributed by atoms with E-state index >= 15 is 0 Å². The molecular weight excluding hydrogens is 364 g/mol. The Bertz CT molecular complexity index is 827. The Labute approximate surface area is 173 Å². The molecule has 0 bridgehead atoms. The Kier molecular flexibility index (Phi) is 7.67. The Hall–Kier alpha value is -2.83. The summed E-state index contributed by atoms with van der Waals surface area (Å²) >= 11 is 0. The highest BCUT2D eigenvalue weighted by atomic mass is 16.5. The van der Waals surface area contributed by atoms with Gasteiger partial charge in [0, 0.05) is 37.4 Å². The fourth-order valence-electron chi connectivity index (χ4n) is 3.21. The quantitative estimate of drug-likeness (QED) is 0.679. The van der Waals surface area contributed by atoms with Crippen molar-refractivity contribution in [3.05, 3.63) is 65.9 Å². The van der Waals surface area contributed by atoms with Gasteiger partial charge in [0.2, 0.25) is 0 Å². The normalized spacial score (nSPS) is 14.8. The Balaban J connectivity index is 1.49. The van der Waals surface area contributed by atoms with Crippen LogP contribution >= 0.6 is 0 Å². The molecule has 3 N–H and O–H groups in total. The Morgan fingerprint density at radius 2 is 2.14 bits per heavy atom. The number of morpholine rings is 1. The number of allylic oxidation sites excluding steroid dienone is 1. The smallest absolute Gasteiger partial charge is 0.137 e. The number of anilines is 1. The number of nitrogens with two attached hydrogens (primary N) is 1. The number of hydrogen-bond donors (Lipinski definition) is 2. The topological polar surface area (TPSA) is 72.6 Å². The van der Waals surface area contributed by atoms with Crippen molar-refractivity contribution in [1.82, 2.24) is 9.88 Å². The lowest BCUT2D eigenvalue weighted by molar-refractivity contribution is 0.0322. The summed E-state index contributed by atoms with van der Waals surface area (Å²) in [6.07, 6.45) is 5.80. The van der Waals surface area contributed by atoms with Gasteiger partial charge < -0.3 is 20.5 Å². The monoisotopic (exact) mass is 394 g/mol. The lowest BCUT2D eigenvalue weighted by Gasteiger charge is -2.26. The Morgan fingerprint density at radius 1 is 1.31 bits per heavy atom. The van der Waals surface area contributed by atoms with Crippen LogP contribution in [0.15, 0.2) is 49.2 Å². The van der Waals surface area contributed by atoms with Crippen molar-refractivity contribution in [2.75, 3.05) is 44.8 Å². The zero-order valence-corrected chi connectivity index (χ0v) is 17.1. The third kappa shape index (κ3) is 6.34. The molecular formula is C23H30N4O2. The molecule has 0 radical (unpaired) electrons. The van der Waals surface area contributed by atoms with Gasteiger partial charge in [-0.05, 0) is 36.2 Å². The maximum Gasteiger partial charge on any atom is 0.137 e. The van der Waals surface area contributed by atoms with Crippen LogP contribution < -0.4 is 15.8 Å². The van der Waals surface area contributed by atoms with E-state index in [9.17, 15) is 0 Å². The summed E-state index contributed by atoms with van der Waals surface area (Å²) in [5.74, 6) is 1.59. The standard InChI is InChI=1S/C23H30N4O2/c1-3-4-20-15-19(5-7-22(20)18(2)24)16-25-23-8-6-21(17-26-23)29-14-11-27-9-12-28-13-10-27/h3-8,15,17H,2,9-14,16,24H2,1H3,(H,25,26)/b4-3-. The van der Waals surface area contributed by atoms with Crippen LogP contribution in [0.1, 0.15) is 23.6 Å². The van der Waals surface area contributed by atoms with E-state index in [-0.39, 0.29) is 0 Å². The van der Waals surface area contributed by atoms with Gasteiger partial charge in [-0.2, -0.15) is 0 Å². The maximum atomic E-state index is 5.88. The number of ether oxygens (including phenoxy) is 2. The van der Waals surface area contributed by atoms with Crippen LogP contribution in [0.5, 0.6) is 5.75 Å². The van der Waals surface area contributed by atoms with Crippen LogP contribution in [0.25, 0.3) is 11.8 Å². The van der Waals surface area contributed by atoms with E-state index in [4.69, 9.17) is 15.2 Å². The molecule has 6 nitrogen and oxygen atoms in total. The first-order valence-corrected chi connectivity index (χ1v) is 9.99. The summed E-state index contributed by atoms with van der Waals surface area (Å²) in [5.41, 5.74) is 9.63. The first-order valence-electron chi connectivity index (χ1n) is 9.99. The third-order valence-electron chi connectivity index (χ3n) is 4.80. The molecule has 1 aliphatic heterocycles. The van der Waals surface area contributed by atoms with Crippen LogP contribution in [0, 0.1) is 0 Å². The number of benzene rings is 1. The summed E-state index contributed by atoms with van der Waals surface area (Å²) in [5, 5.41) is 3.35. The van der Waals surface area contributed by atoms with E-state index in [1.54, 1.807) is 6.20 Å². The minimum atomic E-state index is 0.573. The maximum absolute atomic E-state index is 5.88. The molecule has 0 spiro atoms. The molecule has 0 aliphatic carbocycles. The van der Waals surface area contributed by atoms with E-state index in [0.29, 0.717) is 18.8 Å². The molecule has 0 amide bonds. The predicted molar refractivity (Wildman–Crippen MR) is 119 cm³/mol. The predicted octanol–water partition coefficient (Wildman–Crippen LogP) is 3.37. The lowest BCUT2D eigenvalue weighted by atomic mass is 10.0. The second-order valence-corrected chi connectivity index (χ2v) is 6.98. The molecule has 6 heteroatoms. The fraction of sp³-hybridized carbons (Fsp3) is 0.348. The summed E-state index contributed by atoms with van der Waals surface area (Å²) < 4.78 is 11.2.